The van der Waals surface area contributed by atoms with Gasteiger partial charge in [-0.25, -0.2) is 0 Å². The molecule has 0 aliphatic rings. The fourth-order valence-corrected chi connectivity index (χ4v) is 13.4. The van der Waals surface area contributed by atoms with Crippen molar-refractivity contribution in [1.29, 1.82) is 0 Å². The first-order chi connectivity index (χ1) is 30.9. The second-order valence-electron chi connectivity index (χ2n) is 14.0. The van der Waals surface area contributed by atoms with Gasteiger partial charge in [-0.05, 0) is 89.0 Å². The molecular weight excluding hydrogens is 1060 g/mol. The van der Waals surface area contributed by atoms with Crippen molar-refractivity contribution in [2.75, 3.05) is 5.34 Å². The summed E-state index contributed by atoms with van der Waals surface area (Å²) in [7, 11) is -1.72. The Morgan fingerprint density at radius 2 is 0.462 bits per heavy atom. The smallest absolute Gasteiger partial charge is 1.00 e. The summed E-state index contributed by atoms with van der Waals surface area (Å²) in [5, 5.41) is 8.23. The van der Waals surface area contributed by atoms with Crippen LogP contribution in [0.4, 0.5) is 0 Å². The van der Waals surface area contributed by atoms with E-state index in [9.17, 15) is 0 Å². The summed E-state index contributed by atoms with van der Waals surface area (Å²) in [6.07, 6.45) is 0. The van der Waals surface area contributed by atoms with Gasteiger partial charge in [0.05, 0.1) is 21.6 Å². The molecule has 3 heterocycles. The molecule has 0 saturated carbocycles. The Hall–Kier alpha value is -4.11. The number of halogens is 3. The molecule has 0 aliphatic heterocycles. The molecule has 0 saturated heterocycles. The van der Waals surface area contributed by atoms with Gasteiger partial charge in [-0.15, -0.1) is 23.2 Å². The van der Waals surface area contributed by atoms with Crippen molar-refractivity contribution in [2.24, 2.45) is 0 Å². The van der Waals surface area contributed by atoms with E-state index in [0.29, 0.717) is 0 Å². The van der Waals surface area contributed by atoms with Gasteiger partial charge in [0.15, 0.2) is 0 Å². The minimum atomic E-state index is -0.573. The van der Waals surface area contributed by atoms with E-state index in [0.717, 1.165) is 33.4 Å². The first-order valence-electron chi connectivity index (χ1n) is 20.6. The zero-order valence-corrected chi connectivity index (χ0v) is 43.6. The zero-order chi connectivity index (χ0) is 44.1. The summed E-state index contributed by atoms with van der Waals surface area (Å²) >= 11 is 9.53. The monoisotopic (exact) mass is 1110 g/mol. The molecule has 0 radical (unpaired) electrons. The molecule has 0 atom stereocenters. The number of hydrogen-bond donors (Lipinski definition) is 0. The normalized spacial score (nSPS) is 10.2. The number of pyridine rings is 3. The Kier molecular flexibility index (Phi) is 24.3. The summed E-state index contributed by atoms with van der Waals surface area (Å²) in [5.41, 5.74) is 6.71. The van der Waals surface area contributed by atoms with Gasteiger partial charge < -0.3 is 24.0 Å². The number of hydrogen-bond acceptors (Lipinski definition) is 3. The summed E-state index contributed by atoms with van der Waals surface area (Å²) in [6.45, 7) is 6.15. The topological polar surface area (TPSA) is 38.7 Å². The maximum absolute atomic E-state index is 4.76. The van der Waals surface area contributed by atoms with E-state index >= 15 is 0 Å². The van der Waals surface area contributed by atoms with Gasteiger partial charge in [-0.2, -0.15) is 0 Å². The summed E-state index contributed by atoms with van der Waals surface area (Å²) in [4.78, 5) is 14.3. The largest absolute Gasteiger partial charge is 1.00 e. The minimum absolute atomic E-state index is 0. The van der Waals surface area contributed by atoms with Crippen molar-refractivity contribution in [3.05, 3.63) is 254 Å². The number of benzene rings is 6. The van der Waals surface area contributed by atoms with E-state index in [1.54, 1.807) is 0 Å². The molecule has 0 aliphatic carbocycles. The van der Waals surface area contributed by atoms with Gasteiger partial charge in [0.1, 0.15) is 0 Å². The fraction of sp³-hybridized carbons (Fsp3) is 0.0727. The van der Waals surface area contributed by atoms with Crippen LogP contribution >= 0.6 is 47.0 Å². The molecule has 0 unspecified atom stereocenters. The van der Waals surface area contributed by atoms with E-state index in [1.165, 1.54) is 31.8 Å². The van der Waals surface area contributed by atoms with Crippen LogP contribution in [-0.4, -0.2) is 20.3 Å². The predicted molar refractivity (Wildman–Crippen MR) is 280 cm³/mol. The summed E-state index contributed by atoms with van der Waals surface area (Å²) < 4.78 is 0. The number of rotatable bonds is 9. The van der Waals surface area contributed by atoms with Gasteiger partial charge in [-0.3, -0.25) is 15.0 Å². The second kappa shape index (κ2) is 29.5. The molecule has 9 aromatic rings. The van der Waals surface area contributed by atoms with Crippen LogP contribution in [0.5, 0.6) is 0 Å². The van der Waals surface area contributed by atoms with Crippen molar-refractivity contribution >= 4 is 95.1 Å². The molecule has 0 fully saturated rings. The molecule has 0 bridgehead atoms. The average molecular weight is 1110 g/mol. The van der Waals surface area contributed by atoms with Crippen LogP contribution in [0.1, 0.15) is 17.1 Å². The molecule has 0 amide bonds. The molecule has 65 heavy (non-hydrogen) atoms. The predicted octanol–water partition coefficient (Wildman–Crippen LogP) is 7.87. The first-order valence-corrected chi connectivity index (χ1v) is 25.7. The molecule has 332 valence electrons. The van der Waals surface area contributed by atoms with Crippen LogP contribution in [0, 0.1) is 20.8 Å². The van der Waals surface area contributed by atoms with E-state index in [2.05, 4.69) is 218 Å². The average Bonchev–Trinajstić information content (AvgIpc) is 3.32. The van der Waals surface area contributed by atoms with Crippen molar-refractivity contribution in [1.82, 2.24) is 15.0 Å². The van der Waals surface area contributed by atoms with Gasteiger partial charge >= 0.3 is 17.1 Å². The molecule has 3 nitrogen and oxygen atoms in total. The van der Waals surface area contributed by atoms with Crippen LogP contribution in [0.25, 0.3) is 0 Å². The van der Waals surface area contributed by atoms with Crippen LogP contribution in [0.15, 0.2) is 237 Å². The van der Waals surface area contributed by atoms with Gasteiger partial charge in [0.25, 0.3) is 0 Å². The maximum Gasteiger partial charge on any atom is 1.00 e. The Labute approximate surface area is 427 Å². The van der Waals surface area contributed by atoms with Crippen molar-refractivity contribution < 1.29 is 41.0 Å². The Morgan fingerprint density at radius 3 is 0.615 bits per heavy atom. The molecule has 9 rings (SSSR count). The molecule has 3 aromatic heterocycles. The fourth-order valence-electron chi connectivity index (χ4n) is 6.66. The zero-order valence-electron chi connectivity index (χ0n) is 36.3. The Morgan fingerprint density at radius 1 is 0.292 bits per heavy atom. The van der Waals surface area contributed by atoms with Crippen LogP contribution < -0.4 is 72.1 Å². The Balaban J connectivity index is 0.000000204. The number of alkyl halides is 2. The van der Waals surface area contributed by atoms with E-state index in [-0.39, 0.29) is 46.4 Å². The van der Waals surface area contributed by atoms with Crippen molar-refractivity contribution in [2.45, 2.75) is 20.8 Å². The van der Waals surface area contributed by atoms with Crippen LogP contribution in [-0.2, 0) is 17.1 Å². The molecule has 10 heteroatoms. The van der Waals surface area contributed by atoms with E-state index < -0.39 is 23.8 Å². The maximum atomic E-state index is 4.76. The molecule has 0 N–H and O–H groups in total. The third-order valence-electron chi connectivity index (χ3n) is 9.39. The summed E-state index contributed by atoms with van der Waals surface area (Å²) in [5.74, 6) is 0. The summed E-state index contributed by atoms with van der Waals surface area (Å²) in [6, 6.07) is 82.8. The molecular formula is C55H50Cl2CuIN3P3. The van der Waals surface area contributed by atoms with Crippen molar-refractivity contribution in [3.8, 4) is 0 Å². The quantitative estimate of drug-likeness (QED) is 0.0640. The Bertz CT molecular complexity index is 2260. The second-order valence-corrected chi connectivity index (χ2v) is 21.3. The van der Waals surface area contributed by atoms with Crippen molar-refractivity contribution in [3.63, 3.8) is 0 Å². The van der Waals surface area contributed by atoms with E-state index in [4.69, 9.17) is 38.2 Å². The standard InChI is InChI=1S/3C18H16NP.CH2Cl2.Cu.HI/c3*1-15-9-8-14-18(19-15)20(16-10-4-2-5-11-16)17-12-6-3-7-13-17;2-1-3;;/h3*2-14H,1H3;1H2;;1H/q;;;;+1;/p-1. The number of aromatic nitrogens is 3. The van der Waals surface area contributed by atoms with E-state index in [1.807, 2.05) is 39.0 Å². The van der Waals surface area contributed by atoms with Gasteiger partial charge in [0.2, 0.25) is 0 Å². The van der Waals surface area contributed by atoms with Crippen LogP contribution in [0.2, 0.25) is 0 Å². The SMILES string of the molecule is Cc1cccc(P(c2ccccc2)c2ccccc2)n1.Cc1cccc(P(c2ccccc2)c2ccccc2)n1.Cc1cccc(P(c2ccccc2)c2ccccc2)n1.ClCCl.[Cu+].[I-]. The van der Waals surface area contributed by atoms with Crippen LogP contribution in [0.3, 0.4) is 0 Å². The first kappa shape index (κ1) is 53.5. The number of nitrogens with zero attached hydrogens (tertiary/aromatic N) is 3. The van der Waals surface area contributed by atoms with Gasteiger partial charge in [-0.1, -0.05) is 200 Å². The number of aryl methyl sites for hydroxylation is 3. The molecule has 6 aromatic carbocycles. The third kappa shape index (κ3) is 16.6. The molecule has 0 spiro atoms. The minimum Gasteiger partial charge on any atom is -1.00 e. The van der Waals surface area contributed by atoms with Gasteiger partial charge in [0, 0.05) is 40.8 Å². The third-order valence-corrected chi connectivity index (χ3v) is 16.4.